The van der Waals surface area contributed by atoms with Crippen LogP contribution in [0.1, 0.15) is 20.8 Å². The second kappa shape index (κ2) is 11.2. The molecule has 1 aromatic heterocycles. The number of carbonyl (C=O) groups excluding carboxylic acids is 2. The number of aromatic nitrogens is 2. The van der Waals surface area contributed by atoms with Gasteiger partial charge in [0.1, 0.15) is 18.1 Å². The minimum atomic E-state index is -1.02. The van der Waals surface area contributed by atoms with Crippen molar-refractivity contribution in [1.29, 1.82) is 0 Å². The number of amides is 1. The molecule has 0 bridgehead atoms. The van der Waals surface area contributed by atoms with Gasteiger partial charge in [-0.25, -0.2) is 4.79 Å². The minimum Gasteiger partial charge on any atom is -0.395 e. The Morgan fingerprint density at radius 2 is 2.12 bits per heavy atom. The highest BCUT2D eigenvalue weighted by molar-refractivity contribution is 5.84. The molecule has 136 valence electrons. The molecule has 0 aliphatic heterocycles. The summed E-state index contributed by atoms with van der Waals surface area (Å²) in [6.07, 6.45) is 1.30. The van der Waals surface area contributed by atoms with E-state index in [-0.39, 0.29) is 31.2 Å². The van der Waals surface area contributed by atoms with Gasteiger partial charge in [-0.05, 0) is 13.0 Å². The molecular formula is C14H24FN5O4. The number of aliphatic hydroxyl groups excluding tert-OH is 1. The Morgan fingerprint density at radius 1 is 1.50 bits per heavy atom. The summed E-state index contributed by atoms with van der Waals surface area (Å²) < 4.78 is 13.5. The molecule has 1 aromatic rings. The van der Waals surface area contributed by atoms with Crippen LogP contribution in [0.15, 0.2) is 17.1 Å². The van der Waals surface area contributed by atoms with Crippen LogP contribution in [0.4, 0.5) is 10.3 Å². The summed E-state index contributed by atoms with van der Waals surface area (Å²) in [5.74, 6) is -0.875. The van der Waals surface area contributed by atoms with Crippen molar-refractivity contribution in [2.75, 3.05) is 25.4 Å². The van der Waals surface area contributed by atoms with Crippen LogP contribution in [0.2, 0.25) is 0 Å². The van der Waals surface area contributed by atoms with Gasteiger partial charge in [0.2, 0.25) is 5.91 Å². The number of hydrogen-bond donors (Lipinski definition) is 3. The molecular weight excluding hydrogens is 321 g/mol. The van der Waals surface area contributed by atoms with Gasteiger partial charge in [0, 0.05) is 12.7 Å². The smallest absolute Gasteiger partial charge is 0.349 e. The number of anilines is 1. The first-order valence-electron chi connectivity index (χ1n) is 7.44. The highest BCUT2D eigenvalue weighted by Crippen LogP contribution is 1.98. The normalized spacial score (nSPS) is 11.2. The van der Waals surface area contributed by atoms with E-state index in [9.17, 15) is 18.9 Å². The highest BCUT2D eigenvalue weighted by Gasteiger charge is 2.20. The first-order chi connectivity index (χ1) is 11.4. The largest absolute Gasteiger partial charge is 0.395 e. The fourth-order valence-electron chi connectivity index (χ4n) is 1.72. The van der Waals surface area contributed by atoms with Gasteiger partial charge in [-0.15, -0.1) is 4.48 Å². The van der Waals surface area contributed by atoms with Crippen LogP contribution < -0.4 is 17.0 Å². The lowest BCUT2D eigenvalue weighted by Gasteiger charge is -2.25. The third-order valence-corrected chi connectivity index (χ3v) is 2.78. The van der Waals surface area contributed by atoms with Crippen molar-refractivity contribution >= 4 is 17.5 Å². The quantitative estimate of drug-likeness (QED) is 0.521. The standard InChI is InChI=1S/C12H18FN5O4.C2H6/c1-8(20)4-18(5-9(7-19)16-13)11(21)6-17-3-2-10(14)15-12(17)22;1-2/h2-3,9,16,19H,4-7H2,1H3,(H2,14,15,22);1-2H3. The topological polar surface area (TPSA) is 131 Å². The Bertz CT molecular complexity index is 589. The Labute approximate surface area is 139 Å². The van der Waals surface area contributed by atoms with E-state index in [1.165, 1.54) is 24.7 Å². The summed E-state index contributed by atoms with van der Waals surface area (Å²) in [4.78, 5) is 39.5. The Hall–Kier alpha value is -2.33. The van der Waals surface area contributed by atoms with E-state index in [0.29, 0.717) is 0 Å². The second-order valence-electron chi connectivity index (χ2n) is 4.73. The number of Topliss-reactive ketones (excluding diaryl/α,β-unsaturated/α-hetero) is 1. The van der Waals surface area contributed by atoms with Crippen molar-refractivity contribution < 1.29 is 19.2 Å². The molecule has 0 saturated carbocycles. The molecule has 0 fully saturated rings. The molecule has 1 rings (SSSR count). The third kappa shape index (κ3) is 7.29. The van der Waals surface area contributed by atoms with Gasteiger partial charge in [-0.2, -0.15) is 10.5 Å². The zero-order chi connectivity index (χ0) is 18.7. The number of halogens is 1. The van der Waals surface area contributed by atoms with Crippen LogP contribution in [-0.2, 0) is 16.1 Å². The SMILES string of the molecule is CC.CC(=O)CN(CC(CO)NF)C(=O)Cn1ccc(N)nc1=O. The summed E-state index contributed by atoms with van der Waals surface area (Å²) >= 11 is 0. The molecule has 0 radical (unpaired) electrons. The van der Waals surface area contributed by atoms with E-state index < -0.39 is 24.2 Å². The molecule has 0 aliphatic rings. The first-order valence-corrected chi connectivity index (χ1v) is 7.44. The minimum absolute atomic E-state index is 0.0243. The van der Waals surface area contributed by atoms with Crippen LogP contribution in [0.3, 0.4) is 0 Å². The lowest BCUT2D eigenvalue weighted by atomic mass is 10.2. The number of nitrogens with two attached hydrogens (primary N) is 1. The van der Waals surface area contributed by atoms with Gasteiger partial charge in [-0.3, -0.25) is 14.2 Å². The lowest BCUT2D eigenvalue weighted by molar-refractivity contribution is -0.136. The maximum absolute atomic E-state index is 12.4. The number of aliphatic hydroxyl groups is 1. The maximum atomic E-state index is 12.4. The number of hydrogen-bond acceptors (Lipinski definition) is 7. The van der Waals surface area contributed by atoms with Crippen molar-refractivity contribution in [3.05, 3.63) is 22.7 Å². The van der Waals surface area contributed by atoms with Crippen molar-refractivity contribution in [2.24, 2.45) is 0 Å². The molecule has 0 saturated heterocycles. The van der Waals surface area contributed by atoms with Crippen LogP contribution in [0.25, 0.3) is 0 Å². The number of nitrogens with one attached hydrogen (secondary N) is 1. The van der Waals surface area contributed by atoms with E-state index in [1.54, 1.807) is 0 Å². The van der Waals surface area contributed by atoms with Crippen molar-refractivity contribution in [2.45, 2.75) is 33.4 Å². The molecule has 24 heavy (non-hydrogen) atoms. The van der Waals surface area contributed by atoms with Crippen LogP contribution >= 0.6 is 0 Å². The summed E-state index contributed by atoms with van der Waals surface area (Å²) in [5, 5.41) is 8.95. The average Bonchev–Trinajstić information content (AvgIpc) is 2.55. The average molecular weight is 345 g/mol. The maximum Gasteiger partial charge on any atom is 0.349 e. The van der Waals surface area contributed by atoms with E-state index >= 15 is 0 Å². The lowest BCUT2D eigenvalue weighted by Crippen LogP contribution is -2.47. The number of ketones is 1. The van der Waals surface area contributed by atoms with Crippen molar-refractivity contribution in [3.63, 3.8) is 0 Å². The van der Waals surface area contributed by atoms with E-state index in [1.807, 2.05) is 13.8 Å². The number of nitrogen functional groups attached to an aromatic ring is 1. The molecule has 1 atom stereocenters. The molecule has 0 spiro atoms. The van der Waals surface area contributed by atoms with E-state index in [0.717, 1.165) is 9.47 Å². The molecule has 10 heteroatoms. The molecule has 4 N–H and O–H groups in total. The van der Waals surface area contributed by atoms with Gasteiger partial charge in [0.05, 0.1) is 19.2 Å². The summed E-state index contributed by atoms with van der Waals surface area (Å²) in [6, 6.07) is 0.327. The predicted molar refractivity (Wildman–Crippen MR) is 86.6 cm³/mol. The van der Waals surface area contributed by atoms with Gasteiger partial charge in [-0.1, -0.05) is 13.8 Å². The fourth-order valence-corrected chi connectivity index (χ4v) is 1.72. The summed E-state index contributed by atoms with van der Waals surface area (Å²) in [5.41, 5.74) is 5.97. The van der Waals surface area contributed by atoms with Crippen LogP contribution in [0.5, 0.6) is 0 Å². The zero-order valence-corrected chi connectivity index (χ0v) is 14.0. The van der Waals surface area contributed by atoms with Gasteiger partial charge < -0.3 is 15.7 Å². The Morgan fingerprint density at radius 3 is 2.58 bits per heavy atom. The summed E-state index contributed by atoms with van der Waals surface area (Å²) in [6.45, 7) is 3.87. The summed E-state index contributed by atoms with van der Waals surface area (Å²) in [7, 11) is 0. The predicted octanol–water partition coefficient (Wildman–Crippen LogP) is -0.896. The first kappa shape index (κ1) is 21.7. The van der Waals surface area contributed by atoms with E-state index in [2.05, 4.69) is 4.98 Å². The fraction of sp³-hybridized carbons (Fsp3) is 0.571. The van der Waals surface area contributed by atoms with Crippen molar-refractivity contribution in [1.82, 2.24) is 20.0 Å². The van der Waals surface area contributed by atoms with E-state index in [4.69, 9.17) is 10.8 Å². The zero-order valence-electron chi connectivity index (χ0n) is 14.0. The van der Waals surface area contributed by atoms with Gasteiger partial charge in [0.25, 0.3) is 0 Å². The van der Waals surface area contributed by atoms with Crippen LogP contribution in [-0.4, -0.2) is 57.0 Å². The Kier molecular flexibility index (Phi) is 10.2. The molecule has 1 unspecified atom stereocenters. The number of rotatable bonds is 8. The van der Waals surface area contributed by atoms with Gasteiger partial charge in [0.15, 0.2) is 0 Å². The molecule has 1 amide bonds. The second-order valence-corrected chi connectivity index (χ2v) is 4.73. The third-order valence-electron chi connectivity index (χ3n) is 2.78. The molecule has 0 aliphatic carbocycles. The number of nitrogens with zero attached hydrogens (tertiary/aromatic N) is 3. The highest BCUT2D eigenvalue weighted by atomic mass is 19.2. The molecule has 1 heterocycles. The van der Waals surface area contributed by atoms with Gasteiger partial charge >= 0.3 is 5.69 Å². The Balaban J connectivity index is 0.00000254. The monoisotopic (exact) mass is 345 g/mol. The molecule has 9 nitrogen and oxygen atoms in total. The number of carbonyl (C=O) groups is 2. The van der Waals surface area contributed by atoms with Crippen molar-refractivity contribution in [3.8, 4) is 0 Å². The molecule has 0 aromatic carbocycles. The van der Waals surface area contributed by atoms with Crippen LogP contribution in [0, 0.1) is 0 Å².